The first-order valence-electron chi connectivity index (χ1n) is 8.48. The Labute approximate surface area is 153 Å². The molecule has 132 valence electrons. The minimum absolute atomic E-state index is 0.0485. The van der Waals surface area contributed by atoms with Crippen LogP contribution in [0.15, 0.2) is 24.3 Å². The van der Waals surface area contributed by atoms with Gasteiger partial charge in [0.25, 0.3) is 0 Å². The summed E-state index contributed by atoms with van der Waals surface area (Å²) in [6, 6.07) is 8.50. The Hall–Kier alpha value is -0.690. The quantitative estimate of drug-likeness (QED) is 0.812. The highest BCUT2D eigenvalue weighted by atomic mass is 32.2. The number of thioether (sulfide) groups is 1. The lowest BCUT2D eigenvalue weighted by Crippen LogP contribution is -2.65. The van der Waals surface area contributed by atoms with Gasteiger partial charge in [-0.25, -0.2) is 4.31 Å². The summed E-state index contributed by atoms with van der Waals surface area (Å²) < 4.78 is 2.15. The predicted octanol–water partition coefficient (Wildman–Crippen LogP) is 2.37. The molecule has 0 aliphatic carbocycles. The number of fused-ring (bicyclic) bond motifs is 1. The SMILES string of the molecule is CSC[C@H](N)CN1SC(C)(C)[C@H]1C(=O)N1CCc2ccccc2C1. The maximum Gasteiger partial charge on any atom is 0.242 e. The summed E-state index contributed by atoms with van der Waals surface area (Å²) in [5, 5.41) is 0. The van der Waals surface area contributed by atoms with Gasteiger partial charge in [0, 0.05) is 31.4 Å². The minimum Gasteiger partial charge on any atom is -0.337 e. The fourth-order valence-corrected chi connectivity index (χ4v) is 5.65. The van der Waals surface area contributed by atoms with Gasteiger partial charge in [-0.3, -0.25) is 4.79 Å². The summed E-state index contributed by atoms with van der Waals surface area (Å²) >= 11 is 3.53. The number of nitrogens with two attached hydrogens (primary N) is 1. The van der Waals surface area contributed by atoms with Crippen LogP contribution >= 0.6 is 23.7 Å². The number of carbonyl (C=O) groups is 1. The third-order valence-corrected chi connectivity index (χ3v) is 6.82. The zero-order valence-corrected chi connectivity index (χ0v) is 16.3. The molecule has 6 heteroatoms. The van der Waals surface area contributed by atoms with Gasteiger partial charge < -0.3 is 10.6 Å². The van der Waals surface area contributed by atoms with E-state index >= 15 is 0 Å². The molecule has 0 unspecified atom stereocenters. The van der Waals surface area contributed by atoms with Crippen LogP contribution in [0.5, 0.6) is 0 Å². The van der Waals surface area contributed by atoms with E-state index < -0.39 is 0 Å². The molecule has 1 aromatic carbocycles. The highest BCUT2D eigenvalue weighted by molar-refractivity contribution is 8.00. The van der Waals surface area contributed by atoms with E-state index in [1.165, 1.54) is 11.1 Å². The van der Waals surface area contributed by atoms with Crippen LogP contribution in [0.1, 0.15) is 25.0 Å². The molecule has 1 fully saturated rings. The average molecular weight is 366 g/mol. The summed E-state index contributed by atoms with van der Waals surface area (Å²) in [7, 11) is 0. The van der Waals surface area contributed by atoms with Gasteiger partial charge in [-0.2, -0.15) is 11.8 Å². The van der Waals surface area contributed by atoms with Crippen molar-refractivity contribution in [2.45, 2.75) is 43.6 Å². The molecule has 4 nitrogen and oxygen atoms in total. The van der Waals surface area contributed by atoms with Crippen molar-refractivity contribution >= 4 is 29.6 Å². The van der Waals surface area contributed by atoms with E-state index in [2.05, 4.69) is 48.7 Å². The molecule has 1 amide bonds. The highest BCUT2D eigenvalue weighted by Gasteiger charge is 2.52. The average Bonchev–Trinajstić information content (AvgIpc) is 2.53. The predicted molar refractivity (Wildman–Crippen MR) is 104 cm³/mol. The van der Waals surface area contributed by atoms with Gasteiger partial charge in [0.1, 0.15) is 6.04 Å². The van der Waals surface area contributed by atoms with Gasteiger partial charge in [-0.05, 0) is 37.7 Å². The third kappa shape index (κ3) is 3.62. The Bertz CT molecular complexity index is 608. The molecule has 0 spiro atoms. The molecule has 0 saturated carbocycles. The zero-order chi connectivity index (χ0) is 17.3. The van der Waals surface area contributed by atoms with Gasteiger partial charge in [0.15, 0.2) is 0 Å². The first-order valence-corrected chi connectivity index (χ1v) is 10.6. The van der Waals surface area contributed by atoms with Crippen LogP contribution in [0.3, 0.4) is 0 Å². The van der Waals surface area contributed by atoms with Gasteiger partial charge >= 0.3 is 0 Å². The monoisotopic (exact) mass is 365 g/mol. The molecule has 0 bridgehead atoms. The standard InChI is InChI=1S/C18H27N3OS2/c1-18(2)16(21(24-18)11-15(19)12-23-3)17(22)20-9-8-13-6-4-5-7-14(13)10-20/h4-7,15-16H,8-12,19H2,1-3H3/t15-,16-/m1/s1. The Morgan fingerprint density at radius 3 is 2.79 bits per heavy atom. The van der Waals surface area contributed by atoms with Crippen LogP contribution in [0, 0.1) is 0 Å². The Kier molecular flexibility index (Phi) is 5.49. The number of hydrogen-bond acceptors (Lipinski definition) is 5. The van der Waals surface area contributed by atoms with E-state index in [0.717, 1.165) is 31.8 Å². The smallest absolute Gasteiger partial charge is 0.242 e. The molecule has 0 radical (unpaired) electrons. The molecule has 1 aromatic rings. The Balaban J connectivity index is 1.68. The van der Waals surface area contributed by atoms with Gasteiger partial charge in [0.05, 0.1) is 4.75 Å². The first kappa shape index (κ1) is 18.1. The van der Waals surface area contributed by atoms with Crippen LogP contribution in [-0.2, 0) is 17.8 Å². The molecular formula is C18H27N3OS2. The second-order valence-electron chi connectivity index (χ2n) is 7.19. The van der Waals surface area contributed by atoms with Gasteiger partial charge in [0.2, 0.25) is 5.91 Å². The highest BCUT2D eigenvalue weighted by Crippen LogP contribution is 2.47. The van der Waals surface area contributed by atoms with Crippen molar-refractivity contribution in [2.24, 2.45) is 5.73 Å². The molecule has 24 heavy (non-hydrogen) atoms. The van der Waals surface area contributed by atoms with Crippen molar-refractivity contribution in [1.82, 2.24) is 9.21 Å². The summed E-state index contributed by atoms with van der Waals surface area (Å²) in [6.45, 7) is 6.65. The first-order chi connectivity index (χ1) is 11.4. The van der Waals surface area contributed by atoms with Crippen molar-refractivity contribution < 1.29 is 4.79 Å². The summed E-state index contributed by atoms with van der Waals surface area (Å²) in [5.74, 6) is 1.18. The van der Waals surface area contributed by atoms with Crippen molar-refractivity contribution in [2.75, 3.05) is 25.1 Å². The molecule has 2 heterocycles. The van der Waals surface area contributed by atoms with E-state index in [9.17, 15) is 4.79 Å². The molecule has 1 saturated heterocycles. The van der Waals surface area contributed by atoms with E-state index in [4.69, 9.17) is 5.73 Å². The number of carbonyl (C=O) groups excluding carboxylic acids is 1. The molecule has 2 aliphatic heterocycles. The van der Waals surface area contributed by atoms with Crippen LogP contribution < -0.4 is 5.73 Å². The van der Waals surface area contributed by atoms with Crippen molar-refractivity contribution in [1.29, 1.82) is 0 Å². The van der Waals surface area contributed by atoms with E-state index in [1.807, 2.05) is 4.90 Å². The molecule has 2 atom stereocenters. The maximum absolute atomic E-state index is 13.2. The molecule has 2 N–H and O–H groups in total. The number of nitrogens with zero attached hydrogens (tertiary/aromatic N) is 2. The maximum atomic E-state index is 13.2. The second kappa shape index (κ2) is 7.28. The summed E-state index contributed by atoms with van der Waals surface area (Å²) in [6.07, 6.45) is 3.02. The number of amides is 1. The zero-order valence-electron chi connectivity index (χ0n) is 14.7. The molecule has 3 rings (SSSR count). The fraction of sp³-hybridized carbons (Fsp3) is 0.611. The van der Waals surface area contributed by atoms with Crippen LogP contribution in [0.4, 0.5) is 0 Å². The van der Waals surface area contributed by atoms with Crippen molar-refractivity contribution in [3.63, 3.8) is 0 Å². The summed E-state index contributed by atoms with van der Waals surface area (Å²) in [5.41, 5.74) is 8.85. The normalized spacial score (nSPS) is 24.2. The largest absolute Gasteiger partial charge is 0.337 e. The van der Waals surface area contributed by atoms with Crippen LogP contribution in [-0.4, -0.2) is 57.0 Å². The third-order valence-electron chi connectivity index (χ3n) is 4.77. The van der Waals surface area contributed by atoms with E-state index in [-0.39, 0.29) is 22.7 Å². The second-order valence-corrected chi connectivity index (χ2v) is 9.81. The molecular weight excluding hydrogens is 338 g/mol. The summed E-state index contributed by atoms with van der Waals surface area (Å²) in [4.78, 5) is 15.2. The number of rotatable bonds is 5. The lowest BCUT2D eigenvalue weighted by atomic mass is 9.96. The van der Waals surface area contributed by atoms with Crippen LogP contribution in [0.25, 0.3) is 0 Å². The van der Waals surface area contributed by atoms with Crippen LogP contribution in [0.2, 0.25) is 0 Å². The van der Waals surface area contributed by atoms with E-state index in [1.54, 1.807) is 23.7 Å². The lowest BCUT2D eigenvalue weighted by molar-refractivity contribution is -0.138. The van der Waals surface area contributed by atoms with Crippen molar-refractivity contribution in [3.8, 4) is 0 Å². The molecule has 2 aliphatic rings. The Morgan fingerprint density at radius 2 is 2.12 bits per heavy atom. The minimum atomic E-state index is -0.0688. The molecule has 0 aromatic heterocycles. The lowest BCUT2D eigenvalue weighted by Gasteiger charge is -2.53. The van der Waals surface area contributed by atoms with E-state index in [0.29, 0.717) is 0 Å². The van der Waals surface area contributed by atoms with Crippen molar-refractivity contribution in [3.05, 3.63) is 35.4 Å². The van der Waals surface area contributed by atoms with Gasteiger partial charge in [-0.1, -0.05) is 36.2 Å². The number of benzene rings is 1. The van der Waals surface area contributed by atoms with Gasteiger partial charge in [-0.15, -0.1) is 0 Å². The number of hydrogen-bond donors (Lipinski definition) is 1. The topological polar surface area (TPSA) is 49.6 Å². The fourth-order valence-electron chi connectivity index (χ4n) is 3.62. The Morgan fingerprint density at radius 1 is 1.42 bits per heavy atom.